The van der Waals surface area contributed by atoms with Crippen LogP contribution in [0.15, 0.2) is 24.3 Å². The van der Waals surface area contributed by atoms with E-state index >= 15 is 0 Å². The lowest BCUT2D eigenvalue weighted by Crippen LogP contribution is -2.45. The lowest BCUT2D eigenvalue weighted by molar-refractivity contribution is -0.139. The smallest absolute Gasteiger partial charge is 0.261 e. The fourth-order valence-electron chi connectivity index (χ4n) is 2.30. The molecule has 2 N–H and O–H groups in total. The Balaban J connectivity index is 1.97. The van der Waals surface area contributed by atoms with Gasteiger partial charge in [-0.3, -0.25) is 9.59 Å². The molecule has 2 rings (SSSR count). The zero-order valence-corrected chi connectivity index (χ0v) is 12.4. The highest BCUT2D eigenvalue weighted by molar-refractivity contribution is 6.30. The molecule has 1 heterocycles. The molecule has 0 radical (unpaired) electrons. The number of ether oxygens (including phenoxy) is 2. The number of hydrogen-bond donors (Lipinski definition) is 1. The predicted molar refractivity (Wildman–Crippen MR) is 77.1 cm³/mol. The summed E-state index contributed by atoms with van der Waals surface area (Å²) in [6.45, 7) is 0.155. The molecular formula is C14H17ClN2O4. The van der Waals surface area contributed by atoms with Gasteiger partial charge in [-0.15, -0.1) is 0 Å². The zero-order chi connectivity index (χ0) is 15.4. The summed E-state index contributed by atoms with van der Waals surface area (Å²) in [7, 11) is 1.54. The number of rotatable bonds is 5. The number of primary amides is 1. The van der Waals surface area contributed by atoms with Crippen molar-refractivity contribution in [3.05, 3.63) is 29.3 Å². The summed E-state index contributed by atoms with van der Waals surface area (Å²) in [4.78, 5) is 25.0. The van der Waals surface area contributed by atoms with Crippen LogP contribution in [0, 0.1) is 0 Å². The molecule has 7 heteroatoms. The van der Waals surface area contributed by atoms with E-state index in [2.05, 4.69) is 0 Å². The van der Waals surface area contributed by atoms with Crippen molar-refractivity contribution in [2.24, 2.45) is 5.73 Å². The van der Waals surface area contributed by atoms with Crippen LogP contribution < -0.4 is 10.5 Å². The lowest BCUT2D eigenvalue weighted by Gasteiger charge is -2.21. The molecule has 6 nitrogen and oxygen atoms in total. The van der Waals surface area contributed by atoms with Gasteiger partial charge in [0.05, 0.1) is 6.10 Å². The van der Waals surface area contributed by atoms with Gasteiger partial charge in [-0.1, -0.05) is 17.7 Å². The quantitative estimate of drug-likeness (QED) is 0.872. The van der Waals surface area contributed by atoms with Crippen molar-refractivity contribution < 1.29 is 19.1 Å². The van der Waals surface area contributed by atoms with E-state index < -0.39 is 11.9 Å². The van der Waals surface area contributed by atoms with Crippen molar-refractivity contribution in [2.45, 2.75) is 18.6 Å². The van der Waals surface area contributed by atoms with Crippen molar-refractivity contribution in [3.63, 3.8) is 0 Å². The van der Waals surface area contributed by atoms with Gasteiger partial charge < -0.3 is 20.1 Å². The maximum atomic E-state index is 12.2. The Morgan fingerprint density at radius 1 is 1.48 bits per heavy atom. The summed E-state index contributed by atoms with van der Waals surface area (Å²) in [6.07, 6.45) is 0.229. The predicted octanol–water partition coefficient (Wildman–Crippen LogP) is 0.820. The molecule has 0 aliphatic carbocycles. The molecule has 21 heavy (non-hydrogen) atoms. The minimum absolute atomic E-state index is 0.180. The number of nitrogens with zero attached hydrogens (tertiary/aromatic N) is 1. The fourth-order valence-corrected chi connectivity index (χ4v) is 2.48. The molecule has 1 aliphatic rings. The van der Waals surface area contributed by atoms with Crippen molar-refractivity contribution >= 4 is 23.4 Å². The third kappa shape index (κ3) is 3.86. The van der Waals surface area contributed by atoms with E-state index in [0.29, 0.717) is 23.7 Å². The van der Waals surface area contributed by atoms with Gasteiger partial charge in [0, 0.05) is 25.1 Å². The number of amides is 2. The zero-order valence-electron chi connectivity index (χ0n) is 11.6. The summed E-state index contributed by atoms with van der Waals surface area (Å²) in [6, 6.07) is 6.11. The average molecular weight is 313 g/mol. The van der Waals surface area contributed by atoms with Gasteiger partial charge in [-0.25, -0.2) is 0 Å². The summed E-state index contributed by atoms with van der Waals surface area (Å²) < 4.78 is 10.6. The monoisotopic (exact) mass is 312 g/mol. The molecule has 2 amide bonds. The average Bonchev–Trinajstić information content (AvgIpc) is 2.89. The lowest BCUT2D eigenvalue weighted by atomic mass is 10.2. The van der Waals surface area contributed by atoms with Gasteiger partial charge in [0.15, 0.2) is 6.61 Å². The molecule has 1 aromatic carbocycles. The fraction of sp³-hybridized carbons (Fsp3) is 0.429. The second-order valence-corrected chi connectivity index (χ2v) is 5.24. The van der Waals surface area contributed by atoms with Crippen LogP contribution in [-0.2, 0) is 14.3 Å². The second-order valence-electron chi connectivity index (χ2n) is 4.80. The highest BCUT2D eigenvalue weighted by atomic mass is 35.5. The first-order valence-corrected chi connectivity index (χ1v) is 6.89. The molecule has 2 atom stereocenters. The Morgan fingerprint density at radius 3 is 2.86 bits per heavy atom. The molecule has 0 spiro atoms. The van der Waals surface area contributed by atoms with Crippen LogP contribution in [0.3, 0.4) is 0 Å². The van der Waals surface area contributed by atoms with Crippen LogP contribution in [0.25, 0.3) is 0 Å². The number of methoxy groups -OCH3 is 1. The minimum Gasteiger partial charge on any atom is -0.484 e. The number of halogens is 1. The van der Waals surface area contributed by atoms with Gasteiger partial charge in [-0.2, -0.15) is 0 Å². The van der Waals surface area contributed by atoms with Gasteiger partial charge in [0.25, 0.3) is 5.91 Å². The normalized spacial score (nSPS) is 21.3. The summed E-state index contributed by atoms with van der Waals surface area (Å²) in [5.41, 5.74) is 5.32. The Hall–Kier alpha value is -1.79. The van der Waals surface area contributed by atoms with Crippen LogP contribution in [0.4, 0.5) is 0 Å². The number of carbonyl (C=O) groups is 2. The molecule has 1 aromatic rings. The molecule has 0 bridgehead atoms. The summed E-state index contributed by atoms with van der Waals surface area (Å²) in [5.74, 6) is -0.349. The number of benzene rings is 1. The molecule has 1 aliphatic heterocycles. The van der Waals surface area contributed by atoms with Crippen molar-refractivity contribution in [1.82, 2.24) is 4.90 Å². The molecule has 0 unspecified atom stereocenters. The van der Waals surface area contributed by atoms with Crippen LogP contribution in [0.5, 0.6) is 5.75 Å². The number of likely N-dealkylation sites (tertiary alicyclic amines) is 1. The minimum atomic E-state index is -0.648. The molecule has 0 saturated carbocycles. The third-order valence-electron chi connectivity index (χ3n) is 3.40. The highest BCUT2D eigenvalue weighted by Crippen LogP contribution is 2.21. The number of carbonyl (C=O) groups excluding carboxylic acids is 2. The van der Waals surface area contributed by atoms with Crippen LogP contribution in [0.2, 0.25) is 5.02 Å². The Kier molecular flexibility index (Phi) is 5.03. The number of hydrogen-bond acceptors (Lipinski definition) is 4. The maximum absolute atomic E-state index is 12.2. The van der Waals surface area contributed by atoms with Crippen molar-refractivity contribution in [3.8, 4) is 5.75 Å². The SMILES string of the molecule is CO[C@H]1C[C@@H](C(N)=O)N(C(=O)COc2cccc(Cl)c2)C1. The van der Waals surface area contributed by atoms with Crippen LogP contribution in [-0.4, -0.2) is 49.1 Å². The molecule has 1 fully saturated rings. The first kappa shape index (κ1) is 15.6. The second kappa shape index (κ2) is 6.78. The molecular weight excluding hydrogens is 296 g/mol. The van der Waals surface area contributed by atoms with Crippen molar-refractivity contribution in [2.75, 3.05) is 20.3 Å². The summed E-state index contributed by atoms with van der Waals surface area (Å²) >= 11 is 5.84. The van der Waals surface area contributed by atoms with E-state index in [-0.39, 0.29) is 18.6 Å². The molecule has 0 aromatic heterocycles. The third-order valence-corrected chi connectivity index (χ3v) is 3.64. The number of nitrogens with two attached hydrogens (primary N) is 1. The van der Waals surface area contributed by atoms with E-state index in [1.807, 2.05) is 0 Å². The largest absolute Gasteiger partial charge is 0.484 e. The Labute approximate surface area is 127 Å². The molecule has 114 valence electrons. The van der Waals surface area contributed by atoms with E-state index in [0.717, 1.165) is 0 Å². The first-order valence-electron chi connectivity index (χ1n) is 6.51. The maximum Gasteiger partial charge on any atom is 0.261 e. The van der Waals surface area contributed by atoms with Gasteiger partial charge in [0.1, 0.15) is 11.8 Å². The highest BCUT2D eigenvalue weighted by Gasteiger charge is 2.38. The van der Waals surface area contributed by atoms with Gasteiger partial charge in [0.2, 0.25) is 5.91 Å². The van der Waals surface area contributed by atoms with Gasteiger partial charge in [-0.05, 0) is 18.2 Å². The Morgan fingerprint density at radius 2 is 2.24 bits per heavy atom. The van der Waals surface area contributed by atoms with Crippen molar-refractivity contribution in [1.29, 1.82) is 0 Å². The van der Waals surface area contributed by atoms with E-state index in [1.54, 1.807) is 31.4 Å². The standard InChI is InChI=1S/C14H17ClN2O4/c1-20-11-6-12(14(16)19)17(7-11)13(18)8-21-10-4-2-3-9(15)5-10/h2-5,11-12H,6-8H2,1H3,(H2,16,19)/t11-,12-/m0/s1. The van der Waals surface area contributed by atoms with E-state index in [9.17, 15) is 9.59 Å². The van der Waals surface area contributed by atoms with E-state index in [1.165, 1.54) is 4.90 Å². The van der Waals surface area contributed by atoms with Crippen LogP contribution in [0.1, 0.15) is 6.42 Å². The topological polar surface area (TPSA) is 81.9 Å². The van der Waals surface area contributed by atoms with Gasteiger partial charge >= 0.3 is 0 Å². The van der Waals surface area contributed by atoms with E-state index in [4.69, 9.17) is 26.8 Å². The summed E-state index contributed by atoms with van der Waals surface area (Å²) in [5, 5.41) is 0.524. The van der Waals surface area contributed by atoms with Crippen LogP contribution >= 0.6 is 11.6 Å². The Bertz CT molecular complexity index is 537. The first-order chi connectivity index (χ1) is 10.0. The molecule has 1 saturated heterocycles.